The number of ether oxygens (including phenoxy) is 1. The Balaban J connectivity index is 2.63. The lowest BCUT2D eigenvalue weighted by Gasteiger charge is -2.02. The summed E-state index contributed by atoms with van der Waals surface area (Å²) in [7, 11) is -3.84. The number of esters is 1. The Labute approximate surface area is 95.9 Å². The highest BCUT2D eigenvalue weighted by Gasteiger charge is 2.20. The summed E-state index contributed by atoms with van der Waals surface area (Å²) < 4.78 is 29.3. The molecule has 0 atom stereocenters. The third-order valence-corrected chi connectivity index (χ3v) is 3.88. The molecule has 0 aliphatic heterocycles. The van der Waals surface area contributed by atoms with E-state index in [9.17, 15) is 13.2 Å². The van der Waals surface area contributed by atoms with E-state index in [1.807, 2.05) is 4.72 Å². The fourth-order valence-corrected chi connectivity index (χ4v) is 2.55. The van der Waals surface area contributed by atoms with Crippen molar-refractivity contribution in [3.05, 3.63) is 0 Å². The summed E-state index contributed by atoms with van der Waals surface area (Å²) in [6, 6.07) is 0. The van der Waals surface area contributed by atoms with Crippen LogP contribution in [0.25, 0.3) is 0 Å². The Kier molecular flexibility index (Phi) is 4.15. The van der Waals surface area contributed by atoms with Gasteiger partial charge in [0, 0.05) is 0 Å². The van der Waals surface area contributed by atoms with Crippen LogP contribution in [0.5, 0.6) is 0 Å². The molecule has 1 rings (SSSR count). The number of nitrogens with one attached hydrogen (secondary N) is 1. The number of anilines is 1. The monoisotopic (exact) mass is 266 g/mol. The number of nitrogens with zero attached hydrogens (tertiary/aromatic N) is 2. The van der Waals surface area contributed by atoms with Gasteiger partial charge in [-0.05, 0) is 6.92 Å². The van der Waals surface area contributed by atoms with Gasteiger partial charge >= 0.3 is 5.97 Å². The number of nitrogens with two attached hydrogens (primary N) is 1. The van der Waals surface area contributed by atoms with Gasteiger partial charge in [-0.3, -0.25) is 4.79 Å². The molecule has 0 aromatic carbocycles. The highest BCUT2D eigenvalue weighted by atomic mass is 32.2. The molecule has 0 saturated carbocycles. The van der Waals surface area contributed by atoms with Gasteiger partial charge in [0.15, 0.2) is 0 Å². The van der Waals surface area contributed by atoms with E-state index in [0.29, 0.717) is 11.3 Å². The molecule has 0 saturated heterocycles. The maximum atomic E-state index is 11.5. The molecule has 90 valence electrons. The van der Waals surface area contributed by atoms with Crippen molar-refractivity contribution in [3.8, 4) is 0 Å². The molecular formula is C6H10N4O4S2. The maximum Gasteiger partial charge on any atom is 0.321 e. The van der Waals surface area contributed by atoms with E-state index in [-0.39, 0.29) is 16.1 Å². The van der Waals surface area contributed by atoms with E-state index >= 15 is 0 Å². The SMILES string of the molecule is CCOC(=O)CNS(=O)(=O)c1nnc(N)s1. The summed E-state index contributed by atoms with van der Waals surface area (Å²) in [5.41, 5.74) is 5.24. The van der Waals surface area contributed by atoms with Gasteiger partial charge in [-0.25, -0.2) is 8.42 Å². The molecule has 10 heteroatoms. The summed E-state index contributed by atoms with van der Waals surface area (Å²) in [4.78, 5) is 10.9. The van der Waals surface area contributed by atoms with Crippen LogP contribution in [-0.2, 0) is 19.6 Å². The summed E-state index contributed by atoms with van der Waals surface area (Å²) in [6.45, 7) is 1.36. The van der Waals surface area contributed by atoms with Crippen molar-refractivity contribution < 1.29 is 17.9 Å². The molecule has 0 aliphatic rings. The normalized spacial score (nSPS) is 11.3. The lowest BCUT2D eigenvalue weighted by atomic mass is 10.7. The summed E-state index contributed by atoms with van der Waals surface area (Å²) in [5.74, 6) is -0.663. The van der Waals surface area contributed by atoms with Crippen LogP contribution in [0.3, 0.4) is 0 Å². The lowest BCUT2D eigenvalue weighted by molar-refractivity contribution is -0.141. The van der Waals surface area contributed by atoms with Crippen molar-refractivity contribution in [2.24, 2.45) is 0 Å². The highest BCUT2D eigenvalue weighted by molar-refractivity contribution is 7.91. The Morgan fingerprint density at radius 1 is 1.56 bits per heavy atom. The zero-order valence-electron chi connectivity index (χ0n) is 8.34. The predicted molar refractivity (Wildman–Crippen MR) is 56.1 cm³/mol. The number of rotatable bonds is 5. The largest absolute Gasteiger partial charge is 0.465 e. The van der Waals surface area contributed by atoms with Crippen molar-refractivity contribution >= 4 is 32.5 Å². The van der Waals surface area contributed by atoms with E-state index in [1.165, 1.54) is 0 Å². The van der Waals surface area contributed by atoms with Gasteiger partial charge in [-0.1, -0.05) is 11.3 Å². The smallest absolute Gasteiger partial charge is 0.321 e. The number of hydrogen-bond acceptors (Lipinski definition) is 8. The molecule has 1 aromatic heterocycles. The van der Waals surface area contributed by atoms with Crippen LogP contribution in [0.15, 0.2) is 4.34 Å². The summed E-state index contributed by atoms with van der Waals surface area (Å²) >= 11 is 0.713. The van der Waals surface area contributed by atoms with E-state index in [0.717, 1.165) is 0 Å². The van der Waals surface area contributed by atoms with Crippen molar-refractivity contribution in [2.75, 3.05) is 18.9 Å². The lowest BCUT2D eigenvalue weighted by Crippen LogP contribution is -2.30. The zero-order valence-corrected chi connectivity index (χ0v) is 9.97. The van der Waals surface area contributed by atoms with Crippen LogP contribution in [-0.4, -0.2) is 37.7 Å². The number of nitrogen functional groups attached to an aromatic ring is 1. The van der Waals surface area contributed by atoms with Crippen molar-refractivity contribution in [1.82, 2.24) is 14.9 Å². The number of hydrogen-bond donors (Lipinski definition) is 2. The minimum Gasteiger partial charge on any atom is -0.465 e. The van der Waals surface area contributed by atoms with Gasteiger partial charge in [0.2, 0.25) is 9.47 Å². The summed E-state index contributed by atoms with van der Waals surface area (Å²) in [6.07, 6.45) is 0. The number of aromatic nitrogens is 2. The topological polar surface area (TPSA) is 124 Å². The first kappa shape index (κ1) is 12.8. The molecule has 0 fully saturated rings. The fraction of sp³-hybridized carbons (Fsp3) is 0.500. The standard InChI is InChI=1S/C6H10N4O4S2/c1-2-14-4(11)3-8-16(12,13)6-10-9-5(7)15-6/h8H,2-3H2,1H3,(H2,7,9). The van der Waals surface area contributed by atoms with E-state index in [1.54, 1.807) is 6.92 Å². The average molecular weight is 266 g/mol. The van der Waals surface area contributed by atoms with Crippen LogP contribution in [0.2, 0.25) is 0 Å². The molecule has 1 heterocycles. The third-order valence-electron chi connectivity index (χ3n) is 1.36. The van der Waals surface area contributed by atoms with Crippen LogP contribution in [0.1, 0.15) is 6.92 Å². The summed E-state index contributed by atoms with van der Waals surface area (Å²) in [5, 5.41) is 6.75. The van der Waals surface area contributed by atoms with Crippen LogP contribution < -0.4 is 10.5 Å². The fourth-order valence-electron chi connectivity index (χ4n) is 0.757. The minimum atomic E-state index is -3.84. The molecule has 0 spiro atoms. The zero-order chi connectivity index (χ0) is 12.2. The van der Waals surface area contributed by atoms with Crippen LogP contribution in [0, 0.1) is 0 Å². The highest BCUT2D eigenvalue weighted by Crippen LogP contribution is 2.15. The van der Waals surface area contributed by atoms with E-state index < -0.39 is 22.5 Å². The van der Waals surface area contributed by atoms with Crippen molar-refractivity contribution in [1.29, 1.82) is 0 Å². The molecule has 3 N–H and O–H groups in total. The molecule has 0 radical (unpaired) electrons. The van der Waals surface area contributed by atoms with E-state index in [4.69, 9.17) is 5.73 Å². The van der Waals surface area contributed by atoms with Crippen molar-refractivity contribution in [2.45, 2.75) is 11.3 Å². The Morgan fingerprint density at radius 2 is 2.25 bits per heavy atom. The first-order valence-electron chi connectivity index (χ1n) is 4.20. The van der Waals surface area contributed by atoms with Gasteiger partial charge in [-0.15, -0.1) is 10.2 Å². The first-order valence-corrected chi connectivity index (χ1v) is 6.50. The van der Waals surface area contributed by atoms with Gasteiger partial charge in [0.05, 0.1) is 6.61 Å². The van der Waals surface area contributed by atoms with Crippen LogP contribution in [0.4, 0.5) is 5.13 Å². The number of carbonyl (C=O) groups excluding carboxylic acids is 1. The van der Waals surface area contributed by atoms with Gasteiger partial charge < -0.3 is 10.5 Å². The number of carbonyl (C=O) groups is 1. The molecule has 8 nitrogen and oxygen atoms in total. The second kappa shape index (κ2) is 5.18. The number of sulfonamides is 1. The molecule has 0 bridgehead atoms. The second-order valence-corrected chi connectivity index (χ2v) is 5.49. The molecule has 0 aliphatic carbocycles. The first-order chi connectivity index (χ1) is 7.45. The molecule has 0 unspecified atom stereocenters. The quantitative estimate of drug-likeness (QED) is 0.652. The van der Waals surface area contributed by atoms with Gasteiger partial charge in [-0.2, -0.15) is 4.72 Å². The Hall–Kier alpha value is -1.26. The Bertz CT molecular complexity index is 469. The third kappa shape index (κ3) is 3.40. The predicted octanol–water partition coefficient (Wildman–Crippen LogP) is -1.04. The molecule has 0 amide bonds. The average Bonchev–Trinajstić information content (AvgIpc) is 2.63. The maximum absolute atomic E-state index is 11.5. The van der Waals surface area contributed by atoms with Crippen LogP contribution >= 0.6 is 11.3 Å². The van der Waals surface area contributed by atoms with E-state index in [2.05, 4.69) is 14.9 Å². The van der Waals surface area contributed by atoms with Gasteiger partial charge in [0.25, 0.3) is 10.0 Å². The van der Waals surface area contributed by atoms with Crippen molar-refractivity contribution in [3.63, 3.8) is 0 Å². The van der Waals surface area contributed by atoms with Gasteiger partial charge in [0.1, 0.15) is 6.54 Å². The molecular weight excluding hydrogens is 256 g/mol. The molecule has 1 aromatic rings. The Morgan fingerprint density at radius 3 is 2.75 bits per heavy atom. The second-order valence-electron chi connectivity index (χ2n) is 2.54. The molecule has 16 heavy (non-hydrogen) atoms. The minimum absolute atomic E-state index is 0.0384.